The molecule has 2 aromatic rings. The Hall–Kier alpha value is -2.00. The van der Waals surface area contributed by atoms with Gasteiger partial charge in [-0.1, -0.05) is 29.8 Å². The summed E-state index contributed by atoms with van der Waals surface area (Å²) in [6.07, 6.45) is 0. The predicted octanol–water partition coefficient (Wildman–Crippen LogP) is 4.18. The lowest BCUT2D eigenvalue weighted by Crippen LogP contribution is -2.19. The highest BCUT2D eigenvalue weighted by atomic mass is 35.5. The van der Waals surface area contributed by atoms with Crippen LogP contribution in [0.2, 0.25) is 5.02 Å². The highest BCUT2D eigenvalue weighted by Gasteiger charge is 2.12. The number of carbonyl (C=O) groups excluding carboxylic acids is 1. The third-order valence-corrected chi connectivity index (χ3v) is 3.76. The Bertz CT molecular complexity index is 655. The molecule has 0 aliphatic rings. The number of rotatable bonds is 4. The van der Waals surface area contributed by atoms with Crippen LogP contribution in [0.25, 0.3) is 0 Å². The van der Waals surface area contributed by atoms with E-state index in [-0.39, 0.29) is 11.9 Å². The second kappa shape index (κ2) is 6.64. The van der Waals surface area contributed by atoms with Crippen molar-refractivity contribution in [2.75, 3.05) is 12.4 Å². The first-order chi connectivity index (χ1) is 10.0. The van der Waals surface area contributed by atoms with Crippen molar-refractivity contribution in [3.63, 3.8) is 0 Å². The van der Waals surface area contributed by atoms with Crippen molar-refractivity contribution in [3.05, 3.63) is 64.2 Å². The maximum Gasteiger partial charge on any atom is 0.251 e. The molecule has 0 aromatic heterocycles. The molecule has 2 N–H and O–H groups in total. The summed E-state index contributed by atoms with van der Waals surface area (Å²) in [6.45, 7) is 4.01. The summed E-state index contributed by atoms with van der Waals surface area (Å²) in [6, 6.07) is 13.5. The molecular formula is C17H19ClN2O. The summed E-state index contributed by atoms with van der Waals surface area (Å²) in [4.78, 5) is 11.8. The topological polar surface area (TPSA) is 41.1 Å². The molecule has 0 fully saturated rings. The molecule has 0 radical (unpaired) electrons. The standard InChI is InChI=1S/C17H19ClN2O/c1-11-15(17(21)19-3)8-5-9-16(11)20-12(2)13-6-4-7-14(18)10-13/h4-10,12,20H,1-3H3,(H,19,21). The molecule has 21 heavy (non-hydrogen) atoms. The third kappa shape index (κ3) is 3.56. The number of hydrogen-bond donors (Lipinski definition) is 2. The molecule has 1 atom stereocenters. The molecule has 3 nitrogen and oxygen atoms in total. The van der Waals surface area contributed by atoms with E-state index < -0.39 is 0 Å². The van der Waals surface area contributed by atoms with Crippen LogP contribution in [-0.4, -0.2) is 13.0 Å². The normalized spacial score (nSPS) is 11.8. The predicted molar refractivity (Wildman–Crippen MR) is 88.1 cm³/mol. The van der Waals surface area contributed by atoms with E-state index in [2.05, 4.69) is 17.6 Å². The number of amides is 1. The van der Waals surface area contributed by atoms with Gasteiger partial charge >= 0.3 is 0 Å². The summed E-state index contributed by atoms with van der Waals surface area (Å²) in [5.74, 6) is -0.0773. The van der Waals surface area contributed by atoms with Crippen LogP contribution < -0.4 is 10.6 Å². The molecule has 0 aliphatic carbocycles. The van der Waals surface area contributed by atoms with Gasteiger partial charge in [-0.2, -0.15) is 0 Å². The van der Waals surface area contributed by atoms with Gasteiger partial charge in [-0.3, -0.25) is 4.79 Å². The second-order valence-corrected chi connectivity index (χ2v) is 5.41. The van der Waals surface area contributed by atoms with E-state index in [1.54, 1.807) is 7.05 Å². The minimum absolute atomic E-state index is 0.0773. The van der Waals surface area contributed by atoms with Crippen molar-refractivity contribution in [2.24, 2.45) is 0 Å². The number of hydrogen-bond acceptors (Lipinski definition) is 2. The molecule has 0 spiro atoms. The Balaban J connectivity index is 2.25. The number of anilines is 1. The molecule has 2 aromatic carbocycles. The smallest absolute Gasteiger partial charge is 0.251 e. The Morgan fingerprint density at radius 3 is 2.57 bits per heavy atom. The van der Waals surface area contributed by atoms with E-state index in [1.807, 2.05) is 49.4 Å². The Morgan fingerprint density at radius 1 is 1.19 bits per heavy atom. The van der Waals surface area contributed by atoms with Gasteiger partial charge in [-0.25, -0.2) is 0 Å². The van der Waals surface area contributed by atoms with Crippen LogP contribution in [0, 0.1) is 6.92 Å². The number of carbonyl (C=O) groups is 1. The first-order valence-corrected chi connectivity index (χ1v) is 7.24. The van der Waals surface area contributed by atoms with Crippen LogP contribution >= 0.6 is 11.6 Å². The van der Waals surface area contributed by atoms with Crippen LogP contribution in [0.15, 0.2) is 42.5 Å². The van der Waals surface area contributed by atoms with Crippen molar-refractivity contribution in [1.29, 1.82) is 0 Å². The molecule has 1 unspecified atom stereocenters. The minimum Gasteiger partial charge on any atom is -0.378 e. The van der Waals surface area contributed by atoms with Crippen molar-refractivity contribution >= 4 is 23.2 Å². The molecule has 1 amide bonds. The summed E-state index contributed by atoms with van der Waals surface area (Å²) < 4.78 is 0. The molecule has 110 valence electrons. The zero-order valence-electron chi connectivity index (χ0n) is 12.4. The van der Waals surface area contributed by atoms with Gasteiger partial charge < -0.3 is 10.6 Å². The first-order valence-electron chi connectivity index (χ1n) is 6.86. The fraction of sp³-hybridized carbons (Fsp3) is 0.235. The first kappa shape index (κ1) is 15.4. The summed E-state index contributed by atoms with van der Waals surface area (Å²) in [7, 11) is 1.64. The van der Waals surface area contributed by atoms with E-state index in [9.17, 15) is 4.79 Å². The Morgan fingerprint density at radius 2 is 1.90 bits per heavy atom. The maximum atomic E-state index is 11.8. The van der Waals surface area contributed by atoms with Gasteiger partial charge in [-0.15, -0.1) is 0 Å². The Kier molecular flexibility index (Phi) is 4.86. The molecule has 4 heteroatoms. The van der Waals surface area contributed by atoms with Gasteiger partial charge in [0, 0.05) is 29.4 Å². The summed E-state index contributed by atoms with van der Waals surface area (Å²) in [5.41, 5.74) is 3.67. The van der Waals surface area contributed by atoms with Crippen LogP contribution in [-0.2, 0) is 0 Å². The quantitative estimate of drug-likeness (QED) is 0.889. The minimum atomic E-state index is -0.0773. The summed E-state index contributed by atoms with van der Waals surface area (Å²) in [5, 5.41) is 6.81. The molecule has 0 saturated heterocycles. The Labute approximate surface area is 130 Å². The van der Waals surface area contributed by atoms with Crippen LogP contribution in [0.3, 0.4) is 0 Å². The highest BCUT2D eigenvalue weighted by Crippen LogP contribution is 2.25. The molecule has 2 rings (SSSR count). The second-order valence-electron chi connectivity index (χ2n) is 4.98. The van der Waals surface area contributed by atoms with Gasteiger partial charge in [0.15, 0.2) is 0 Å². The van der Waals surface area contributed by atoms with E-state index in [0.717, 1.165) is 21.8 Å². The van der Waals surface area contributed by atoms with Gasteiger partial charge in [0.1, 0.15) is 0 Å². The third-order valence-electron chi connectivity index (χ3n) is 3.53. The van der Waals surface area contributed by atoms with E-state index in [4.69, 9.17) is 11.6 Å². The zero-order chi connectivity index (χ0) is 15.4. The van der Waals surface area contributed by atoms with Crippen LogP contribution in [0.5, 0.6) is 0 Å². The number of benzene rings is 2. The average Bonchev–Trinajstić information content (AvgIpc) is 2.48. The van der Waals surface area contributed by atoms with Crippen molar-refractivity contribution in [1.82, 2.24) is 5.32 Å². The van der Waals surface area contributed by atoms with Gasteiger partial charge in [0.05, 0.1) is 0 Å². The maximum absolute atomic E-state index is 11.8. The van der Waals surface area contributed by atoms with E-state index in [1.165, 1.54) is 0 Å². The van der Waals surface area contributed by atoms with Crippen molar-refractivity contribution < 1.29 is 4.79 Å². The molecule has 0 bridgehead atoms. The monoisotopic (exact) mass is 302 g/mol. The van der Waals surface area contributed by atoms with Crippen LogP contribution in [0.1, 0.15) is 34.5 Å². The van der Waals surface area contributed by atoms with E-state index in [0.29, 0.717) is 5.56 Å². The van der Waals surface area contributed by atoms with Crippen molar-refractivity contribution in [2.45, 2.75) is 19.9 Å². The van der Waals surface area contributed by atoms with Gasteiger partial charge in [0.25, 0.3) is 5.91 Å². The molecular weight excluding hydrogens is 284 g/mol. The lowest BCUT2D eigenvalue weighted by molar-refractivity contribution is 0.0962. The zero-order valence-corrected chi connectivity index (χ0v) is 13.2. The number of nitrogens with one attached hydrogen (secondary N) is 2. The van der Waals surface area contributed by atoms with E-state index >= 15 is 0 Å². The fourth-order valence-corrected chi connectivity index (χ4v) is 2.46. The van der Waals surface area contributed by atoms with Crippen molar-refractivity contribution in [3.8, 4) is 0 Å². The lowest BCUT2D eigenvalue weighted by Gasteiger charge is -2.19. The average molecular weight is 303 g/mol. The fourth-order valence-electron chi connectivity index (χ4n) is 2.27. The van der Waals surface area contributed by atoms with Gasteiger partial charge in [0.2, 0.25) is 0 Å². The van der Waals surface area contributed by atoms with Gasteiger partial charge in [-0.05, 0) is 49.2 Å². The molecule has 0 saturated carbocycles. The van der Waals surface area contributed by atoms with Crippen LogP contribution in [0.4, 0.5) is 5.69 Å². The summed E-state index contributed by atoms with van der Waals surface area (Å²) >= 11 is 6.03. The largest absolute Gasteiger partial charge is 0.378 e. The lowest BCUT2D eigenvalue weighted by atomic mass is 10.0. The molecule has 0 heterocycles. The number of halogens is 1. The molecule has 0 aliphatic heterocycles. The highest BCUT2D eigenvalue weighted by molar-refractivity contribution is 6.30. The SMILES string of the molecule is CNC(=O)c1cccc(NC(C)c2cccc(Cl)c2)c1C.